The summed E-state index contributed by atoms with van der Waals surface area (Å²) in [6.45, 7) is 0. The van der Waals surface area contributed by atoms with E-state index < -0.39 is 5.97 Å². The summed E-state index contributed by atoms with van der Waals surface area (Å²) in [5.41, 5.74) is -0.0719. The molecule has 0 bridgehead atoms. The minimum Gasteiger partial charge on any atom is -0.477 e. The van der Waals surface area contributed by atoms with E-state index in [0.29, 0.717) is 0 Å². The SMILES string of the molecule is O=C(O)c1ccn2nnnc2n1. The van der Waals surface area contributed by atoms with E-state index in [2.05, 4.69) is 20.5 Å². The molecule has 0 aliphatic rings. The predicted octanol–water partition coefficient (Wildman–Crippen LogP) is -0.783. The summed E-state index contributed by atoms with van der Waals surface area (Å²) >= 11 is 0. The molecule has 0 aromatic carbocycles. The fourth-order valence-corrected chi connectivity index (χ4v) is 0.764. The number of hydrogen-bond donors (Lipinski definition) is 1. The van der Waals surface area contributed by atoms with Gasteiger partial charge in [0.25, 0.3) is 5.78 Å². The van der Waals surface area contributed by atoms with E-state index >= 15 is 0 Å². The highest BCUT2D eigenvalue weighted by molar-refractivity contribution is 5.85. The van der Waals surface area contributed by atoms with Crippen LogP contribution in [0.25, 0.3) is 5.78 Å². The van der Waals surface area contributed by atoms with Gasteiger partial charge in [-0.25, -0.2) is 9.78 Å². The molecule has 7 heteroatoms. The summed E-state index contributed by atoms with van der Waals surface area (Å²) in [5, 5.41) is 18.9. The first-order valence-electron chi connectivity index (χ1n) is 3.05. The number of carboxylic acids is 1. The van der Waals surface area contributed by atoms with Crippen molar-refractivity contribution < 1.29 is 9.90 Å². The van der Waals surface area contributed by atoms with Crippen LogP contribution in [0.2, 0.25) is 0 Å². The van der Waals surface area contributed by atoms with Crippen molar-refractivity contribution in [1.29, 1.82) is 0 Å². The fourth-order valence-electron chi connectivity index (χ4n) is 0.764. The third kappa shape index (κ3) is 0.875. The zero-order valence-electron chi connectivity index (χ0n) is 5.75. The minimum absolute atomic E-state index is 0.0719. The number of carboxylic acid groups (broad SMARTS) is 1. The second-order valence-electron chi connectivity index (χ2n) is 2.04. The topological polar surface area (TPSA) is 93.3 Å². The molecule has 0 radical (unpaired) electrons. The highest BCUT2D eigenvalue weighted by Gasteiger charge is 2.06. The molecule has 7 nitrogen and oxygen atoms in total. The number of carbonyl (C=O) groups is 1. The second kappa shape index (κ2) is 2.22. The van der Waals surface area contributed by atoms with Gasteiger partial charge in [-0.2, -0.15) is 4.52 Å². The van der Waals surface area contributed by atoms with Gasteiger partial charge in [0.1, 0.15) is 0 Å². The standard InChI is InChI=1S/C5H3N5O2/c11-4(12)3-1-2-10-5(6-3)7-8-9-10/h1-2H,(H,11,12). The van der Waals surface area contributed by atoms with Gasteiger partial charge in [-0.1, -0.05) is 5.10 Å². The zero-order valence-corrected chi connectivity index (χ0v) is 5.75. The lowest BCUT2D eigenvalue weighted by atomic mass is 10.4. The molecule has 0 atom stereocenters. The second-order valence-corrected chi connectivity index (χ2v) is 2.04. The van der Waals surface area contributed by atoms with E-state index in [1.807, 2.05) is 0 Å². The Labute approximate surface area is 65.7 Å². The quantitative estimate of drug-likeness (QED) is 0.595. The van der Waals surface area contributed by atoms with Crippen LogP contribution >= 0.6 is 0 Å². The van der Waals surface area contributed by atoms with Crippen molar-refractivity contribution >= 4 is 11.7 Å². The number of hydrogen-bond acceptors (Lipinski definition) is 5. The smallest absolute Gasteiger partial charge is 0.354 e. The van der Waals surface area contributed by atoms with Crippen LogP contribution in [0.3, 0.4) is 0 Å². The van der Waals surface area contributed by atoms with Crippen LogP contribution in [0.4, 0.5) is 0 Å². The van der Waals surface area contributed by atoms with E-state index in [-0.39, 0.29) is 11.5 Å². The van der Waals surface area contributed by atoms with Crippen LogP contribution in [0.5, 0.6) is 0 Å². The molecule has 0 fully saturated rings. The van der Waals surface area contributed by atoms with Gasteiger partial charge in [0.2, 0.25) is 0 Å². The Hall–Kier alpha value is -2.05. The fraction of sp³-hybridized carbons (Fsp3) is 0. The van der Waals surface area contributed by atoms with Crippen molar-refractivity contribution in [3.63, 3.8) is 0 Å². The van der Waals surface area contributed by atoms with Crippen LogP contribution in [0, 0.1) is 0 Å². The van der Waals surface area contributed by atoms with Crippen molar-refractivity contribution in [1.82, 2.24) is 25.0 Å². The molecule has 0 amide bonds. The number of aromatic carboxylic acids is 1. The summed E-state index contributed by atoms with van der Waals surface area (Å²) in [6.07, 6.45) is 1.44. The van der Waals surface area contributed by atoms with Gasteiger partial charge < -0.3 is 5.11 Å². The molecule has 2 heterocycles. The summed E-state index contributed by atoms with van der Waals surface area (Å²) in [6, 6.07) is 1.33. The number of rotatable bonds is 1. The van der Waals surface area contributed by atoms with Crippen molar-refractivity contribution in [2.45, 2.75) is 0 Å². The number of nitrogens with zero attached hydrogens (tertiary/aromatic N) is 5. The Morgan fingerprint density at radius 3 is 3.17 bits per heavy atom. The van der Waals surface area contributed by atoms with E-state index in [4.69, 9.17) is 5.11 Å². The summed E-state index contributed by atoms with van der Waals surface area (Å²) in [4.78, 5) is 14.1. The molecule has 1 N–H and O–H groups in total. The molecule has 0 spiro atoms. The highest BCUT2D eigenvalue weighted by Crippen LogP contribution is 1.96. The Kier molecular flexibility index (Phi) is 1.23. The lowest BCUT2D eigenvalue weighted by molar-refractivity contribution is 0.0690. The third-order valence-corrected chi connectivity index (χ3v) is 1.29. The summed E-state index contributed by atoms with van der Waals surface area (Å²) < 4.78 is 1.28. The normalized spacial score (nSPS) is 10.3. The van der Waals surface area contributed by atoms with E-state index in [0.717, 1.165) is 0 Å². The van der Waals surface area contributed by atoms with Crippen molar-refractivity contribution in [2.75, 3.05) is 0 Å². The first-order chi connectivity index (χ1) is 5.77. The molecule has 0 saturated carbocycles. The molecule has 2 aromatic rings. The van der Waals surface area contributed by atoms with E-state index in [1.165, 1.54) is 16.8 Å². The molecule has 0 saturated heterocycles. The minimum atomic E-state index is -1.10. The number of fused-ring (bicyclic) bond motifs is 1. The first kappa shape index (κ1) is 6.65. The van der Waals surface area contributed by atoms with Gasteiger partial charge in [-0.15, -0.1) is 0 Å². The zero-order chi connectivity index (χ0) is 8.55. The molecule has 0 aliphatic heterocycles. The Morgan fingerprint density at radius 1 is 1.58 bits per heavy atom. The van der Waals surface area contributed by atoms with Gasteiger partial charge >= 0.3 is 5.97 Å². The average Bonchev–Trinajstić information content (AvgIpc) is 2.49. The van der Waals surface area contributed by atoms with Gasteiger partial charge in [0.15, 0.2) is 5.69 Å². The van der Waals surface area contributed by atoms with Crippen molar-refractivity contribution in [3.05, 3.63) is 18.0 Å². The van der Waals surface area contributed by atoms with Crippen molar-refractivity contribution in [2.24, 2.45) is 0 Å². The van der Waals surface area contributed by atoms with Gasteiger partial charge in [-0.3, -0.25) is 0 Å². The van der Waals surface area contributed by atoms with Gasteiger partial charge in [0.05, 0.1) is 0 Å². The Morgan fingerprint density at radius 2 is 2.42 bits per heavy atom. The monoisotopic (exact) mass is 165 g/mol. The Balaban J connectivity index is 2.68. The van der Waals surface area contributed by atoms with E-state index in [9.17, 15) is 4.79 Å². The number of tetrazole rings is 1. The maximum atomic E-state index is 10.4. The largest absolute Gasteiger partial charge is 0.477 e. The molecule has 0 unspecified atom stereocenters. The van der Waals surface area contributed by atoms with Gasteiger partial charge in [0, 0.05) is 6.20 Å². The average molecular weight is 165 g/mol. The third-order valence-electron chi connectivity index (χ3n) is 1.29. The molecule has 60 valence electrons. The molecule has 2 rings (SSSR count). The van der Waals surface area contributed by atoms with Crippen LogP contribution in [0.1, 0.15) is 10.5 Å². The molecule has 12 heavy (non-hydrogen) atoms. The van der Waals surface area contributed by atoms with Crippen molar-refractivity contribution in [3.8, 4) is 0 Å². The molecule has 0 aliphatic carbocycles. The van der Waals surface area contributed by atoms with Crippen LogP contribution < -0.4 is 0 Å². The van der Waals surface area contributed by atoms with Crippen LogP contribution in [-0.2, 0) is 0 Å². The first-order valence-corrected chi connectivity index (χ1v) is 3.05. The maximum Gasteiger partial charge on any atom is 0.354 e. The molecular weight excluding hydrogens is 162 g/mol. The highest BCUT2D eigenvalue weighted by atomic mass is 16.4. The lowest BCUT2D eigenvalue weighted by Crippen LogP contribution is -2.02. The summed E-state index contributed by atoms with van der Waals surface area (Å²) in [5.74, 6) is -0.921. The lowest BCUT2D eigenvalue weighted by Gasteiger charge is -1.91. The summed E-state index contributed by atoms with van der Waals surface area (Å²) in [7, 11) is 0. The molecular formula is C5H3N5O2. The predicted molar refractivity (Wildman–Crippen MR) is 35.5 cm³/mol. The molecule has 2 aromatic heterocycles. The van der Waals surface area contributed by atoms with E-state index in [1.54, 1.807) is 0 Å². The van der Waals surface area contributed by atoms with Crippen LogP contribution in [-0.4, -0.2) is 36.1 Å². The Bertz CT molecular complexity index is 436. The maximum absolute atomic E-state index is 10.4. The van der Waals surface area contributed by atoms with Gasteiger partial charge in [-0.05, 0) is 16.5 Å². The number of aromatic nitrogens is 5. The van der Waals surface area contributed by atoms with Crippen LogP contribution in [0.15, 0.2) is 12.3 Å².